The summed E-state index contributed by atoms with van der Waals surface area (Å²) in [7, 11) is -0.402. The molecule has 0 atom stereocenters. The molecule has 0 radical (unpaired) electrons. The summed E-state index contributed by atoms with van der Waals surface area (Å²) in [5, 5.41) is 8.94. The van der Waals surface area contributed by atoms with Gasteiger partial charge in [0.05, 0.1) is 35.7 Å². The third-order valence-corrected chi connectivity index (χ3v) is 17.0. The highest BCUT2D eigenvalue weighted by atomic mass is 79.9. The van der Waals surface area contributed by atoms with E-state index in [0.717, 1.165) is 89.7 Å². The van der Waals surface area contributed by atoms with Crippen molar-refractivity contribution in [3.63, 3.8) is 0 Å². The molecule has 9 heterocycles. The molecule has 17 nitrogen and oxygen atoms in total. The van der Waals surface area contributed by atoms with Gasteiger partial charge in [-0.1, -0.05) is 0 Å². The maximum absolute atomic E-state index is 13.1. The Kier molecular flexibility index (Phi) is 20.7. The lowest BCUT2D eigenvalue weighted by molar-refractivity contribution is -0.147. The molecule has 2 saturated heterocycles. The zero-order chi connectivity index (χ0) is 64.1. The average molecular weight is 1360 g/mol. The van der Waals surface area contributed by atoms with E-state index in [9.17, 15) is 35.9 Å². The minimum Gasteiger partial charge on any atom is -0.399 e. The highest BCUT2D eigenvalue weighted by molar-refractivity contribution is 9.10. The van der Waals surface area contributed by atoms with E-state index < -0.39 is 36.7 Å². The van der Waals surface area contributed by atoms with E-state index in [1.807, 2.05) is 97.0 Å². The van der Waals surface area contributed by atoms with E-state index in [2.05, 4.69) is 92.7 Å². The summed E-state index contributed by atoms with van der Waals surface area (Å²) in [6.45, 7) is 13.4. The van der Waals surface area contributed by atoms with Crippen molar-refractivity contribution >= 4 is 85.0 Å². The van der Waals surface area contributed by atoms with Crippen LogP contribution in [-0.2, 0) is 31.7 Å². The molecule has 7 aromatic heterocycles. The van der Waals surface area contributed by atoms with Crippen LogP contribution in [0.15, 0.2) is 107 Å². The van der Waals surface area contributed by atoms with Crippen molar-refractivity contribution in [1.82, 2.24) is 50.2 Å². The smallest absolute Gasteiger partial charge is 0.399 e. The number of nitrogen functional groups attached to an aromatic ring is 1. The number of carbonyl (C=O) groups is 2. The van der Waals surface area contributed by atoms with Crippen LogP contribution in [0.5, 0.6) is 0 Å². The van der Waals surface area contributed by atoms with Gasteiger partial charge in [-0.2, -0.15) is 0 Å². The van der Waals surface area contributed by atoms with Crippen LogP contribution in [0.2, 0.25) is 0 Å². The van der Waals surface area contributed by atoms with Crippen molar-refractivity contribution in [3.8, 4) is 11.1 Å². The van der Waals surface area contributed by atoms with Crippen LogP contribution in [0, 0.1) is 32.6 Å². The fourth-order valence-electron chi connectivity index (χ4n) is 9.47. The molecule has 6 aliphatic rings. The van der Waals surface area contributed by atoms with Crippen LogP contribution in [0.1, 0.15) is 131 Å². The number of nitrogens with zero attached hydrogens (tertiary/aromatic N) is 9. The second-order valence-electron chi connectivity index (χ2n) is 24.3. The Bertz CT molecular complexity index is 3640. The second kappa shape index (κ2) is 27.7. The average Bonchev–Trinajstić information content (AvgIpc) is 1.79. The van der Waals surface area contributed by atoms with Gasteiger partial charge in [0.2, 0.25) is 11.8 Å². The molecule has 0 bridgehead atoms. The Balaban J connectivity index is 0.000000146. The molecule has 13 rings (SSSR count). The predicted octanol–water partition coefficient (Wildman–Crippen LogP) is 13.1. The van der Waals surface area contributed by atoms with Crippen molar-refractivity contribution in [2.45, 2.75) is 153 Å². The number of alkyl halides is 6. The van der Waals surface area contributed by atoms with Crippen molar-refractivity contribution in [2.24, 2.45) is 11.8 Å². The molecule has 0 unspecified atom stereocenters. The first-order valence-electron chi connectivity index (χ1n) is 29.3. The molecule has 5 N–H and O–H groups in total. The molecular weight excluding hydrogens is 1290 g/mol. The van der Waals surface area contributed by atoms with Crippen molar-refractivity contribution in [1.29, 1.82) is 0 Å². The number of rotatable bonds is 14. The summed E-state index contributed by atoms with van der Waals surface area (Å²) in [6, 6.07) is 16.8. The normalized spacial score (nSPS) is 18.8. The molecular formula is C63H70BBr2F6N13O4. The molecule has 4 aliphatic carbocycles. The Hall–Kier alpha value is -6.87. The third kappa shape index (κ3) is 18.6. The Morgan fingerprint density at radius 3 is 1.45 bits per heavy atom. The lowest BCUT2D eigenvalue weighted by Crippen LogP contribution is -2.52. The van der Waals surface area contributed by atoms with E-state index in [4.69, 9.17) is 15.0 Å². The van der Waals surface area contributed by atoms with Crippen molar-refractivity contribution in [2.75, 3.05) is 29.5 Å². The number of nitrogens with two attached hydrogens (primary N) is 1. The van der Waals surface area contributed by atoms with Gasteiger partial charge in [0.25, 0.3) is 5.92 Å². The minimum atomic E-state index is -2.70. The van der Waals surface area contributed by atoms with Crippen LogP contribution in [-0.4, -0.2) is 106 Å². The number of aryl methyl sites for hydroxylation is 3. The first kappa shape index (κ1) is 66.6. The van der Waals surface area contributed by atoms with Crippen LogP contribution in [0.25, 0.3) is 11.1 Å². The van der Waals surface area contributed by atoms with Gasteiger partial charge in [0.15, 0.2) is 0 Å². The Morgan fingerprint density at radius 2 is 1.00 bits per heavy atom. The van der Waals surface area contributed by atoms with Gasteiger partial charge >= 0.3 is 7.12 Å². The number of pyridine rings is 5. The number of hydrogen-bond acceptors (Lipinski definition) is 17. The molecule has 26 heteroatoms. The first-order valence-corrected chi connectivity index (χ1v) is 30.9. The molecule has 2 aliphatic heterocycles. The van der Waals surface area contributed by atoms with Gasteiger partial charge in [0.1, 0.15) is 46.5 Å². The molecule has 0 amide bonds. The standard InChI is InChI=1S/C24H23F2N5O.C18H23BN4O2.C12H12BrF2NO.C6H7BrN2.C3H5F2N/c1-14-17(9-20(32)19-11-24(25,26)12-19)8-18(13-29-14)16-4-6-27-22(10-16)30-21-5-7-28-23(31-21)15-2-3-15;1-17(2)18(3,4)25-19(24-17)13-7-9-20-15(11-13)22-14-8-10-21-16(23-14)12-5-6-12;1-7-8(2-10(13)6-16-7)3-11(17)9-4-12(14,15)5-9;1-4-6(8)2-5(7)3-9-4;4-3(5)1-6-2-3/h4-8,10,13,15,19H,2-3,9,11-12H2,1H3,(H,27,28,30,31);7-12H,5-6H2,1-4H3,(H,20,21,22,23);2,6,9H,3-5H2,1H3;2-3H,8H2,1H3;6H,1-2H2. The van der Waals surface area contributed by atoms with Crippen LogP contribution >= 0.6 is 31.9 Å². The fourth-order valence-corrected chi connectivity index (χ4v) is 10.2. The molecule has 89 heavy (non-hydrogen) atoms. The largest absolute Gasteiger partial charge is 0.495 e. The SMILES string of the molecule is CC1(C)OB(c2ccnc(Nc3ccnc(C4CC4)n3)c2)OC1(C)C.Cc1ncc(-c2ccnc(Nc3ccnc(C4CC4)n3)c2)cc1CC(=O)C1CC(F)(F)C1.Cc1ncc(Br)cc1CC(=O)C1CC(F)(F)C1.Cc1ncc(Br)cc1N.FC1(F)CNC1. The number of carbonyl (C=O) groups excluding carboxylic acids is 2. The van der Waals surface area contributed by atoms with Crippen molar-refractivity contribution in [3.05, 3.63) is 147 Å². The molecule has 7 aromatic rings. The number of anilines is 5. The molecule has 0 spiro atoms. The number of aromatic nitrogens is 9. The predicted molar refractivity (Wildman–Crippen MR) is 335 cm³/mol. The summed E-state index contributed by atoms with van der Waals surface area (Å²) in [6.07, 6.45) is 15.8. The summed E-state index contributed by atoms with van der Waals surface area (Å²) in [5.41, 5.74) is 12.1. The number of halogens is 8. The van der Waals surface area contributed by atoms with Crippen LogP contribution in [0.3, 0.4) is 0 Å². The van der Waals surface area contributed by atoms with Gasteiger partial charge in [-0.25, -0.2) is 56.2 Å². The highest BCUT2D eigenvalue weighted by Crippen LogP contribution is 2.45. The van der Waals surface area contributed by atoms with Crippen LogP contribution in [0.4, 0.5) is 55.3 Å². The van der Waals surface area contributed by atoms with E-state index in [1.54, 1.807) is 49.4 Å². The number of hydrogen-bond donors (Lipinski definition) is 4. The van der Waals surface area contributed by atoms with Gasteiger partial charge in [-0.15, -0.1) is 0 Å². The number of nitrogens with one attached hydrogen (secondary N) is 3. The van der Waals surface area contributed by atoms with Gasteiger partial charge in [0, 0.05) is 131 Å². The second-order valence-corrected chi connectivity index (χ2v) is 26.1. The Labute approximate surface area is 530 Å². The summed E-state index contributed by atoms with van der Waals surface area (Å²) < 4.78 is 88.5. The highest BCUT2D eigenvalue weighted by Gasteiger charge is 2.52. The van der Waals surface area contributed by atoms with Gasteiger partial charge in [-0.3, -0.25) is 24.5 Å². The Morgan fingerprint density at radius 1 is 0.562 bits per heavy atom. The molecule has 4 saturated carbocycles. The number of ketones is 2. The van der Waals surface area contributed by atoms with E-state index in [1.165, 1.54) is 12.8 Å². The monoisotopic (exact) mass is 1360 g/mol. The van der Waals surface area contributed by atoms with Gasteiger partial charge < -0.3 is 31.0 Å². The van der Waals surface area contributed by atoms with Crippen LogP contribution < -0.4 is 27.1 Å². The van der Waals surface area contributed by atoms with Crippen molar-refractivity contribution < 1.29 is 45.2 Å². The maximum atomic E-state index is 13.1. The van der Waals surface area contributed by atoms with E-state index in [0.29, 0.717) is 29.3 Å². The lowest BCUT2D eigenvalue weighted by Gasteiger charge is -2.33. The topological polar surface area (TPSA) is 231 Å². The van der Waals surface area contributed by atoms with E-state index in [-0.39, 0.29) is 74.4 Å². The number of Topliss-reactive ketones (excluding diaryl/α,β-unsaturated/α-hetero) is 2. The maximum Gasteiger partial charge on any atom is 0.495 e. The van der Waals surface area contributed by atoms with Gasteiger partial charge in [-0.05, 0) is 183 Å². The summed E-state index contributed by atoms with van der Waals surface area (Å²) in [4.78, 5) is 63.3. The van der Waals surface area contributed by atoms with E-state index >= 15 is 0 Å². The third-order valence-electron chi connectivity index (χ3n) is 16.2. The molecule has 470 valence electrons. The zero-order valence-electron chi connectivity index (χ0n) is 50.4. The zero-order valence-corrected chi connectivity index (χ0v) is 53.5. The minimum absolute atomic E-state index is 0.112. The lowest BCUT2D eigenvalue weighted by atomic mass is 9.77. The molecule has 6 fully saturated rings. The summed E-state index contributed by atoms with van der Waals surface area (Å²) in [5.74, 6) is -3.47. The molecule has 0 aromatic carbocycles. The first-order chi connectivity index (χ1) is 42.0. The fraction of sp³-hybridized carbons (Fsp3) is 0.444. The quantitative estimate of drug-likeness (QED) is 0.0586. The summed E-state index contributed by atoms with van der Waals surface area (Å²) >= 11 is 6.53.